The zero-order valence-electron chi connectivity index (χ0n) is 8.48. The highest BCUT2D eigenvalue weighted by atomic mass is 16.3. The van der Waals surface area contributed by atoms with Crippen LogP contribution in [0.25, 0.3) is 6.08 Å². The molecule has 0 saturated carbocycles. The fraction of sp³-hybridized carbons (Fsp3) is 0.231. The van der Waals surface area contributed by atoms with Gasteiger partial charge in [-0.05, 0) is 18.9 Å². The lowest BCUT2D eigenvalue weighted by molar-refractivity contribution is 0.224. The Labute approximate surface area is 85.4 Å². The van der Waals surface area contributed by atoms with Crippen molar-refractivity contribution in [2.45, 2.75) is 19.4 Å². The SMILES string of the molecule is C=C(C)C[C@@H](O)/C=C/c1ccccc1. The maximum absolute atomic E-state index is 9.53. The molecule has 0 aliphatic carbocycles. The Bertz CT molecular complexity index is 311. The Morgan fingerprint density at radius 2 is 2.07 bits per heavy atom. The van der Waals surface area contributed by atoms with Gasteiger partial charge in [-0.2, -0.15) is 0 Å². The average Bonchev–Trinajstić information content (AvgIpc) is 2.15. The lowest BCUT2D eigenvalue weighted by Gasteiger charge is -2.03. The van der Waals surface area contributed by atoms with Crippen LogP contribution in [0.2, 0.25) is 0 Å². The first-order valence-corrected chi connectivity index (χ1v) is 4.74. The lowest BCUT2D eigenvalue weighted by Crippen LogP contribution is -2.01. The van der Waals surface area contributed by atoms with Crippen LogP contribution in [-0.4, -0.2) is 11.2 Å². The maximum Gasteiger partial charge on any atom is 0.0761 e. The van der Waals surface area contributed by atoms with Crippen LogP contribution in [0.1, 0.15) is 18.9 Å². The lowest BCUT2D eigenvalue weighted by atomic mass is 10.1. The van der Waals surface area contributed by atoms with Gasteiger partial charge in [0, 0.05) is 0 Å². The second-order valence-electron chi connectivity index (χ2n) is 3.50. The minimum absolute atomic E-state index is 0.423. The molecule has 0 aliphatic heterocycles. The fourth-order valence-electron chi connectivity index (χ4n) is 1.21. The van der Waals surface area contributed by atoms with Crippen LogP contribution in [0.3, 0.4) is 0 Å². The largest absolute Gasteiger partial charge is 0.389 e. The molecule has 0 aromatic heterocycles. The molecular formula is C13H16O. The van der Waals surface area contributed by atoms with Gasteiger partial charge in [0.05, 0.1) is 6.10 Å². The van der Waals surface area contributed by atoms with Gasteiger partial charge in [0.25, 0.3) is 0 Å². The molecule has 1 nitrogen and oxygen atoms in total. The van der Waals surface area contributed by atoms with E-state index in [4.69, 9.17) is 0 Å². The quantitative estimate of drug-likeness (QED) is 0.720. The average molecular weight is 188 g/mol. The van der Waals surface area contributed by atoms with E-state index in [1.165, 1.54) is 0 Å². The zero-order chi connectivity index (χ0) is 10.4. The van der Waals surface area contributed by atoms with Crippen molar-refractivity contribution < 1.29 is 5.11 Å². The van der Waals surface area contributed by atoms with Crippen LogP contribution in [0.4, 0.5) is 0 Å². The van der Waals surface area contributed by atoms with Gasteiger partial charge in [0.15, 0.2) is 0 Å². The molecular weight excluding hydrogens is 172 g/mol. The van der Waals surface area contributed by atoms with Crippen molar-refractivity contribution in [2.24, 2.45) is 0 Å². The molecule has 0 fully saturated rings. The summed E-state index contributed by atoms with van der Waals surface area (Å²) in [7, 11) is 0. The normalized spacial score (nSPS) is 13.0. The Morgan fingerprint density at radius 3 is 2.64 bits per heavy atom. The first kappa shape index (κ1) is 10.7. The number of aliphatic hydroxyl groups excluding tert-OH is 1. The van der Waals surface area contributed by atoms with E-state index in [-0.39, 0.29) is 0 Å². The number of benzene rings is 1. The van der Waals surface area contributed by atoms with E-state index < -0.39 is 6.10 Å². The Kier molecular flexibility index (Phi) is 4.14. The summed E-state index contributed by atoms with van der Waals surface area (Å²) in [6.45, 7) is 5.67. The molecule has 1 atom stereocenters. The fourth-order valence-corrected chi connectivity index (χ4v) is 1.21. The van der Waals surface area contributed by atoms with Gasteiger partial charge in [-0.3, -0.25) is 0 Å². The van der Waals surface area contributed by atoms with Crippen molar-refractivity contribution in [1.82, 2.24) is 0 Å². The molecule has 0 radical (unpaired) electrons. The molecule has 1 heteroatoms. The second-order valence-corrected chi connectivity index (χ2v) is 3.50. The Balaban J connectivity index is 2.52. The smallest absolute Gasteiger partial charge is 0.0761 e. The molecule has 0 heterocycles. The maximum atomic E-state index is 9.53. The Morgan fingerprint density at radius 1 is 1.43 bits per heavy atom. The third-order valence-electron chi connectivity index (χ3n) is 1.87. The minimum Gasteiger partial charge on any atom is -0.389 e. The molecule has 0 spiro atoms. The van der Waals surface area contributed by atoms with E-state index >= 15 is 0 Å². The predicted octanol–water partition coefficient (Wildman–Crippen LogP) is 3.03. The van der Waals surface area contributed by atoms with Gasteiger partial charge in [-0.1, -0.05) is 48.1 Å². The van der Waals surface area contributed by atoms with Crippen LogP contribution in [0.5, 0.6) is 0 Å². The highest BCUT2D eigenvalue weighted by Gasteiger charge is 1.97. The first-order chi connectivity index (χ1) is 6.68. The van der Waals surface area contributed by atoms with Gasteiger partial charge < -0.3 is 5.11 Å². The van der Waals surface area contributed by atoms with Gasteiger partial charge >= 0.3 is 0 Å². The highest BCUT2D eigenvalue weighted by Crippen LogP contribution is 2.06. The number of aliphatic hydroxyl groups is 1. The standard InChI is InChI=1S/C13H16O/c1-11(2)10-13(14)9-8-12-6-4-3-5-7-12/h3-9,13-14H,1,10H2,2H3/b9-8+/t13-/m0/s1. The summed E-state index contributed by atoms with van der Waals surface area (Å²) in [4.78, 5) is 0. The molecule has 1 N–H and O–H groups in total. The topological polar surface area (TPSA) is 20.2 Å². The zero-order valence-corrected chi connectivity index (χ0v) is 8.48. The van der Waals surface area contributed by atoms with Crippen molar-refractivity contribution in [3.05, 3.63) is 54.1 Å². The number of hydrogen-bond donors (Lipinski definition) is 1. The van der Waals surface area contributed by atoms with Crippen LogP contribution in [0, 0.1) is 0 Å². The van der Waals surface area contributed by atoms with Crippen molar-refractivity contribution >= 4 is 6.08 Å². The monoisotopic (exact) mass is 188 g/mol. The first-order valence-electron chi connectivity index (χ1n) is 4.74. The van der Waals surface area contributed by atoms with Gasteiger partial charge in [0.1, 0.15) is 0 Å². The summed E-state index contributed by atoms with van der Waals surface area (Å²) < 4.78 is 0. The van der Waals surface area contributed by atoms with E-state index in [2.05, 4.69) is 6.58 Å². The molecule has 0 saturated heterocycles. The van der Waals surface area contributed by atoms with Crippen molar-refractivity contribution in [3.8, 4) is 0 Å². The molecule has 1 aromatic rings. The molecule has 0 amide bonds. The van der Waals surface area contributed by atoms with Crippen LogP contribution >= 0.6 is 0 Å². The van der Waals surface area contributed by atoms with E-state index in [1.54, 1.807) is 6.08 Å². The summed E-state index contributed by atoms with van der Waals surface area (Å²) >= 11 is 0. The molecule has 0 aliphatic rings. The van der Waals surface area contributed by atoms with E-state index in [1.807, 2.05) is 43.3 Å². The number of hydrogen-bond acceptors (Lipinski definition) is 1. The second kappa shape index (κ2) is 5.40. The summed E-state index contributed by atoms with van der Waals surface area (Å²) in [5.74, 6) is 0. The number of rotatable bonds is 4. The van der Waals surface area contributed by atoms with Crippen molar-refractivity contribution in [2.75, 3.05) is 0 Å². The van der Waals surface area contributed by atoms with Gasteiger partial charge in [-0.15, -0.1) is 6.58 Å². The van der Waals surface area contributed by atoms with Crippen molar-refractivity contribution in [3.63, 3.8) is 0 Å². The summed E-state index contributed by atoms with van der Waals surface area (Å²) in [6.07, 6.45) is 3.92. The van der Waals surface area contributed by atoms with Crippen LogP contribution in [0.15, 0.2) is 48.6 Å². The van der Waals surface area contributed by atoms with Gasteiger partial charge in [0.2, 0.25) is 0 Å². The van der Waals surface area contributed by atoms with E-state index in [0.29, 0.717) is 6.42 Å². The molecule has 14 heavy (non-hydrogen) atoms. The molecule has 1 rings (SSSR count). The van der Waals surface area contributed by atoms with Gasteiger partial charge in [-0.25, -0.2) is 0 Å². The Hall–Kier alpha value is -1.34. The van der Waals surface area contributed by atoms with E-state index in [0.717, 1.165) is 11.1 Å². The van der Waals surface area contributed by atoms with E-state index in [9.17, 15) is 5.11 Å². The highest BCUT2D eigenvalue weighted by molar-refractivity contribution is 5.49. The predicted molar refractivity (Wildman–Crippen MR) is 60.9 cm³/mol. The molecule has 1 aromatic carbocycles. The third kappa shape index (κ3) is 4.06. The summed E-state index contributed by atoms with van der Waals surface area (Å²) in [6, 6.07) is 9.94. The third-order valence-corrected chi connectivity index (χ3v) is 1.87. The van der Waals surface area contributed by atoms with Crippen molar-refractivity contribution in [1.29, 1.82) is 0 Å². The van der Waals surface area contributed by atoms with Crippen LogP contribution in [-0.2, 0) is 0 Å². The van der Waals surface area contributed by atoms with Crippen LogP contribution < -0.4 is 0 Å². The summed E-state index contributed by atoms with van der Waals surface area (Å²) in [5.41, 5.74) is 2.10. The molecule has 0 bridgehead atoms. The minimum atomic E-state index is -0.423. The molecule has 74 valence electrons. The molecule has 0 unspecified atom stereocenters. The summed E-state index contributed by atoms with van der Waals surface area (Å²) in [5, 5.41) is 9.53.